The van der Waals surface area contributed by atoms with Gasteiger partial charge in [0.1, 0.15) is 12.4 Å². The molecule has 2 unspecified atom stereocenters. The van der Waals surface area contributed by atoms with Gasteiger partial charge in [0.15, 0.2) is 0 Å². The van der Waals surface area contributed by atoms with Crippen LogP contribution in [-0.4, -0.2) is 36.0 Å². The standard InChI is InChI=1S/C18H24N2O5/c1-12(21)20-15-6-3-7-16(11-15)25-9-8-19-17(22)13-4-2-5-14(10-13)18(23)24/h3,6-7,11,13-14H,2,4-5,8-10H2,1H3,(H,19,22)(H,20,21)(H,23,24). The maximum absolute atomic E-state index is 12.1. The van der Waals surface area contributed by atoms with E-state index in [1.807, 2.05) is 0 Å². The third-order valence-electron chi connectivity index (χ3n) is 4.22. The Kier molecular flexibility index (Phi) is 6.80. The Morgan fingerprint density at radius 1 is 1.24 bits per heavy atom. The number of aliphatic carboxylic acids is 1. The minimum Gasteiger partial charge on any atom is -0.492 e. The Balaban J connectivity index is 1.73. The molecule has 2 amide bonds. The second kappa shape index (κ2) is 9.05. The number of carboxylic acid groups (broad SMARTS) is 1. The quantitative estimate of drug-likeness (QED) is 0.654. The summed E-state index contributed by atoms with van der Waals surface area (Å²) in [7, 11) is 0. The Morgan fingerprint density at radius 2 is 2.00 bits per heavy atom. The molecule has 0 heterocycles. The molecule has 1 aliphatic rings. The number of amides is 2. The smallest absolute Gasteiger partial charge is 0.306 e. The molecule has 0 spiro atoms. The zero-order valence-corrected chi connectivity index (χ0v) is 14.3. The van der Waals surface area contributed by atoms with Gasteiger partial charge in [0, 0.05) is 24.6 Å². The number of nitrogens with one attached hydrogen (secondary N) is 2. The van der Waals surface area contributed by atoms with Gasteiger partial charge < -0.3 is 20.5 Å². The van der Waals surface area contributed by atoms with E-state index < -0.39 is 11.9 Å². The summed E-state index contributed by atoms with van der Waals surface area (Å²) in [5, 5.41) is 14.6. The van der Waals surface area contributed by atoms with Crippen LogP contribution in [0.25, 0.3) is 0 Å². The third kappa shape index (κ3) is 6.10. The van der Waals surface area contributed by atoms with E-state index in [1.165, 1.54) is 6.92 Å². The van der Waals surface area contributed by atoms with Crippen LogP contribution in [0.4, 0.5) is 5.69 Å². The molecule has 0 radical (unpaired) electrons. The molecule has 1 aliphatic carbocycles. The average Bonchev–Trinajstić information content (AvgIpc) is 2.58. The van der Waals surface area contributed by atoms with Crippen LogP contribution in [0.5, 0.6) is 5.75 Å². The van der Waals surface area contributed by atoms with E-state index in [9.17, 15) is 14.4 Å². The second-order valence-electron chi connectivity index (χ2n) is 6.25. The molecular weight excluding hydrogens is 324 g/mol. The number of rotatable bonds is 7. The van der Waals surface area contributed by atoms with Gasteiger partial charge in [-0.05, 0) is 31.4 Å². The topological polar surface area (TPSA) is 105 Å². The number of carbonyl (C=O) groups is 3. The zero-order valence-electron chi connectivity index (χ0n) is 14.3. The third-order valence-corrected chi connectivity index (χ3v) is 4.22. The highest BCUT2D eigenvalue weighted by Gasteiger charge is 2.30. The number of hydrogen-bond donors (Lipinski definition) is 3. The molecule has 136 valence electrons. The van der Waals surface area contributed by atoms with Gasteiger partial charge in [-0.2, -0.15) is 0 Å². The molecule has 7 heteroatoms. The summed E-state index contributed by atoms with van der Waals surface area (Å²) in [5.74, 6) is -1.14. The van der Waals surface area contributed by atoms with Crippen molar-refractivity contribution in [1.82, 2.24) is 5.32 Å². The second-order valence-corrected chi connectivity index (χ2v) is 6.25. The molecule has 0 bridgehead atoms. The predicted octanol–water partition coefficient (Wildman–Crippen LogP) is 2.03. The molecule has 2 atom stereocenters. The number of carboxylic acids is 1. The van der Waals surface area contributed by atoms with Gasteiger partial charge in [-0.3, -0.25) is 14.4 Å². The SMILES string of the molecule is CC(=O)Nc1cccc(OCCNC(=O)C2CCCC(C(=O)O)C2)c1. The molecule has 2 rings (SSSR count). The maximum atomic E-state index is 12.1. The molecule has 25 heavy (non-hydrogen) atoms. The number of anilines is 1. The zero-order chi connectivity index (χ0) is 18.2. The summed E-state index contributed by atoms with van der Waals surface area (Å²) in [6.45, 7) is 2.07. The molecule has 1 fully saturated rings. The first-order valence-electron chi connectivity index (χ1n) is 8.46. The minimum atomic E-state index is -0.820. The van der Waals surface area contributed by atoms with Crippen molar-refractivity contribution in [3.8, 4) is 5.75 Å². The molecule has 7 nitrogen and oxygen atoms in total. The van der Waals surface area contributed by atoms with Crippen molar-refractivity contribution < 1.29 is 24.2 Å². The van der Waals surface area contributed by atoms with Gasteiger partial charge in [0.05, 0.1) is 12.5 Å². The van der Waals surface area contributed by atoms with E-state index in [-0.39, 0.29) is 17.7 Å². The fraction of sp³-hybridized carbons (Fsp3) is 0.500. The minimum absolute atomic E-state index is 0.110. The highest BCUT2D eigenvalue weighted by atomic mass is 16.5. The summed E-state index contributed by atoms with van der Waals surface area (Å²) < 4.78 is 5.57. The normalized spacial score (nSPS) is 19.7. The number of benzene rings is 1. The molecule has 1 aromatic rings. The van der Waals surface area contributed by atoms with Crippen molar-refractivity contribution >= 4 is 23.5 Å². The number of hydrogen-bond acceptors (Lipinski definition) is 4. The molecular formula is C18H24N2O5. The van der Waals surface area contributed by atoms with Gasteiger partial charge in [0.25, 0.3) is 0 Å². The first-order valence-corrected chi connectivity index (χ1v) is 8.46. The first-order chi connectivity index (χ1) is 12.0. The number of carbonyl (C=O) groups excluding carboxylic acids is 2. The van der Waals surface area contributed by atoms with Crippen LogP contribution < -0.4 is 15.4 Å². The highest BCUT2D eigenvalue weighted by Crippen LogP contribution is 2.29. The lowest BCUT2D eigenvalue weighted by molar-refractivity contribution is -0.144. The van der Waals surface area contributed by atoms with Crippen LogP contribution in [0, 0.1) is 11.8 Å². The summed E-state index contributed by atoms with van der Waals surface area (Å²) in [6.07, 6.45) is 2.55. The Labute approximate surface area is 146 Å². The molecule has 0 aromatic heterocycles. The number of ether oxygens (including phenoxy) is 1. The van der Waals surface area contributed by atoms with Gasteiger partial charge in [-0.15, -0.1) is 0 Å². The lowest BCUT2D eigenvalue weighted by atomic mass is 9.81. The van der Waals surface area contributed by atoms with E-state index in [0.717, 1.165) is 12.8 Å². The van der Waals surface area contributed by atoms with Crippen LogP contribution in [-0.2, 0) is 14.4 Å². The highest BCUT2D eigenvalue weighted by molar-refractivity contribution is 5.88. The fourth-order valence-electron chi connectivity index (χ4n) is 3.01. The van der Waals surface area contributed by atoms with Crippen molar-refractivity contribution in [2.24, 2.45) is 11.8 Å². The van der Waals surface area contributed by atoms with Crippen molar-refractivity contribution in [2.45, 2.75) is 32.6 Å². The Morgan fingerprint density at radius 3 is 2.72 bits per heavy atom. The van der Waals surface area contributed by atoms with Gasteiger partial charge >= 0.3 is 5.97 Å². The van der Waals surface area contributed by atoms with Crippen LogP contribution >= 0.6 is 0 Å². The fourth-order valence-corrected chi connectivity index (χ4v) is 3.01. The van der Waals surface area contributed by atoms with E-state index >= 15 is 0 Å². The van der Waals surface area contributed by atoms with Crippen molar-refractivity contribution in [2.75, 3.05) is 18.5 Å². The van der Waals surface area contributed by atoms with Crippen molar-refractivity contribution in [3.63, 3.8) is 0 Å². The molecule has 1 aromatic carbocycles. The van der Waals surface area contributed by atoms with E-state index in [1.54, 1.807) is 24.3 Å². The molecule has 0 saturated heterocycles. The summed E-state index contributed by atoms with van der Waals surface area (Å²) >= 11 is 0. The van der Waals surface area contributed by atoms with Gasteiger partial charge in [-0.1, -0.05) is 12.5 Å². The van der Waals surface area contributed by atoms with Crippen LogP contribution in [0.15, 0.2) is 24.3 Å². The Hall–Kier alpha value is -2.57. The summed E-state index contributed by atoms with van der Waals surface area (Å²) in [6, 6.07) is 7.01. The van der Waals surface area contributed by atoms with E-state index in [0.29, 0.717) is 37.4 Å². The molecule has 3 N–H and O–H groups in total. The van der Waals surface area contributed by atoms with Crippen LogP contribution in [0.3, 0.4) is 0 Å². The average molecular weight is 348 g/mol. The predicted molar refractivity (Wildman–Crippen MR) is 92.3 cm³/mol. The summed E-state index contributed by atoms with van der Waals surface area (Å²) in [4.78, 5) is 34.2. The first kappa shape index (κ1) is 18.8. The van der Waals surface area contributed by atoms with Crippen molar-refractivity contribution in [3.05, 3.63) is 24.3 Å². The summed E-state index contributed by atoms with van der Waals surface area (Å²) in [5.41, 5.74) is 0.649. The van der Waals surface area contributed by atoms with Crippen LogP contribution in [0.1, 0.15) is 32.6 Å². The largest absolute Gasteiger partial charge is 0.492 e. The maximum Gasteiger partial charge on any atom is 0.306 e. The lowest BCUT2D eigenvalue weighted by Crippen LogP contribution is -2.37. The van der Waals surface area contributed by atoms with E-state index in [2.05, 4.69) is 10.6 Å². The Bertz CT molecular complexity index is 632. The molecule has 0 aliphatic heterocycles. The van der Waals surface area contributed by atoms with Crippen LogP contribution in [0.2, 0.25) is 0 Å². The van der Waals surface area contributed by atoms with E-state index in [4.69, 9.17) is 9.84 Å². The van der Waals surface area contributed by atoms with Gasteiger partial charge in [-0.25, -0.2) is 0 Å². The van der Waals surface area contributed by atoms with Crippen molar-refractivity contribution in [1.29, 1.82) is 0 Å². The lowest BCUT2D eigenvalue weighted by Gasteiger charge is -2.25. The monoisotopic (exact) mass is 348 g/mol. The molecule has 1 saturated carbocycles. The van der Waals surface area contributed by atoms with Gasteiger partial charge in [0.2, 0.25) is 11.8 Å².